The summed E-state index contributed by atoms with van der Waals surface area (Å²) in [5, 5.41) is 2.55. The second-order valence-electron chi connectivity index (χ2n) is 4.54. The number of rotatable bonds is 1. The number of carbonyl (C=O) groups is 1. The molecule has 0 radical (unpaired) electrons. The number of anilines is 1. The Balaban J connectivity index is 2.74. The fourth-order valence-electron chi connectivity index (χ4n) is 1.05. The van der Waals surface area contributed by atoms with Crippen molar-refractivity contribution in [2.24, 2.45) is 0 Å². The first-order valence-electron chi connectivity index (χ1n) is 5.07. The van der Waals surface area contributed by atoms with Gasteiger partial charge in [-0.2, -0.15) is 0 Å². The van der Waals surface area contributed by atoms with Gasteiger partial charge < -0.3 is 5.73 Å². The minimum absolute atomic E-state index is 0.246. The molecule has 84 valence electrons. The Morgan fingerprint density at radius 2 is 1.94 bits per heavy atom. The fourth-order valence-corrected chi connectivity index (χ4v) is 1.48. The normalized spacial score (nSPS) is 10.2. The summed E-state index contributed by atoms with van der Waals surface area (Å²) < 4.78 is 0. The molecule has 0 aromatic heterocycles. The van der Waals surface area contributed by atoms with Crippen LogP contribution < -0.4 is 11.1 Å². The minimum atomic E-state index is -1.45. The Morgan fingerprint density at radius 3 is 2.50 bits per heavy atom. The highest BCUT2D eigenvalue weighted by atomic mass is 28.3. The van der Waals surface area contributed by atoms with Crippen LogP contribution in [-0.2, 0) is 0 Å². The molecule has 3 nitrogen and oxygen atoms in total. The van der Waals surface area contributed by atoms with Crippen molar-refractivity contribution in [3.8, 4) is 11.6 Å². The van der Waals surface area contributed by atoms with Crippen LogP contribution in [0.5, 0.6) is 0 Å². The molecule has 16 heavy (non-hydrogen) atoms. The lowest BCUT2D eigenvalue weighted by molar-refractivity contribution is 0.0974. The van der Waals surface area contributed by atoms with E-state index in [0.29, 0.717) is 11.3 Å². The van der Waals surface area contributed by atoms with E-state index in [1.165, 1.54) is 0 Å². The van der Waals surface area contributed by atoms with Gasteiger partial charge in [-0.15, -0.1) is 5.54 Å². The van der Waals surface area contributed by atoms with E-state index in [1.54, 1.807) is 24.3 Å². The largest absolute Gasteiger partial charge is 0.398 e. The molecule has 0 saturated heterocycles. The van der Waals surface area contributed by atoms with Gasteiger partial charge in [-0.05, 0) is 12.1 Å². The van der Waals surface area contributed by atoms with E-state index < -0.39 is 8.07 Å². The summed E-state index contributed by atoms with van der Waals surface area (Å²) in [6.45, 7) is 6.34. The Kier molecular flexibility index (Phi) is 3.75. The van der Waals surface area contributed by atoms with E-state index in [0.717, 1.165) is 0 Å². The third kappa shape index (κ3) is 3.79. The number of amides is 1. The van der Waals surface area contributed by atoms with Gasteiger partial charge in [0.1, 0.15) is 8.07 Å². The van der Waals surface area contributed by atoms with Crippen molar-refractivity contribution in [3.63, 3.8) is 0 Å². The van der Waals surface area contributed by atoms with E-state index in [4.69, 9.17) is 5.73 Å². The van der Waals surface area contributed by atoms with Crippen LogP contribution in [-0.4, -0.2) is 14.0 Å². The lowest BCUT2D eigenvalue weighted by atomic mass is 10.2. The number of para-hydroxylation sites is 1. The average Bonchev–Trinajstić information content (AvgIpc) is 2.16. The molecule has 1 aromatic carbocycles. The molecular weight excluding hydrogens is 216 g/mol. The van der Waals surface area contributed by atoms with Gasteiger partial charge in [0, 0.05) is 11.7 Å². The number of nitrogens with two attached hydrogens (primary N) is 1. The highest BCUT2D eigenvalue weighted by Gasteiger charge is 2.09. The Hall–Kier alpha value is -1.73. The van der Waals surface area contributed by atoms with Gasteiger partial charge in [-0.25, -0.2) is 0 Å². The molecule has 1 amide bonds. The average molecular weight is 232 g/mol. The summed E-state index contributed by atoms with van der Waals surface area (Å²) in [6.07, 6.45) is 0. The lowest BCUT2D eigenvalue weighted by Crippen LogP contribution is -2.22. The fraction of sp³-hybridized carbons (Fsp3) is 0.250. The second-order valence-corrected chi connectivity index (χ2v) is 9.29. The van der Waals surface area contributed by atoms with Crippen molar-refractivity contribution in [2.45, 2.75) is 19.6 Å². The van der Waals surface area contributed by atoms with Crippen LogP contribution in [0.3, 0.4) is 0 Å². The molecular formula is C12H16N2OSi. The molecule has 3 N–H and O–H groups in total. The standard InChI is InChI=1S/C12H16N2OSi/c1-16(2,3)9-8-14-12(15)10-6-4-5-7-11(10)13/h4-7H,13H2,1-3H3,(H,14,15). The molecule has 0 heterocycles. The van der Waals surface area contributed by atoms with Crippen LogP contribution in [0, 0.1) is 11.6 Å². The van der Waals surface area contributed by atoms with Gasteiger partial charge in [-0.1, -0.05) is 31.8 Å². The summed E-state index contributed by atoms with van der Waals surface area (Å²) in [5.41, 5.74) is 9.67. The van der Waals surface area contributed by atoms with Crippen LogP contribution in [0.1, 0.15) is 10.4 Å². The topological polar surface area (TPSA) is 55.1 Å². The molecule has 4 heteroatoms. The molecule has 0 spiro atoms. The quantitative estimate of drug-likeness (QED) is 0.336. The van der Waals surface area contributed by atoms with Gasteiger partial charge in [0.25, 0.3) is 5.91 Å². The monoisotopic (exact) mass is 232 g/mol. The SMILES string of the molecule is C[Si](C)(C)C#CNC(=O)c1ccccc1N. The first-order chi connectivity index (χ1) is 7.40. The molecule has 0 saturated carbocycles. The third-order valence-corrected chi connectivity index (χ3v) is 2.69. The van der Waals surface area contributed by atoms with Crippen molar-refractivity contribution in [1.82, 2.24) is 5.32 Å². The summed E-state index contributed by atoms with van der Waals surface area (Å²) in [4.78, 5) is 11.7. The maximum atomic E-state index is 11.7. The van der Waals surface area contributed by atoms with E-state index in [-0.39, 0.29) is 5.91 Å². The highest BCUT2D eigenvalue weighted by Crippen LogP contribution is 2.09. The van der Waals surface area contributed by atoms with Crippen molar-refractivity contribution in [3.05, 3.63) is 29.8 Å². The molecule has 0 unspecified atom stereocenters. The van der Waals surface area contributed by atoms with E-state index in [9.17, 15) is 4.79 Å². The smallest absolute Gasteiger partial charge is 0.264 e. The van der Waals surface area contributed by atoms with Gasteiger partial charge in [0.05, 0.1) is 5.56 Å². The van der Waals surface area contributed by atoms with E-state index in [2.05, 4.69) is 36.5 Å². The number of nitrogens with one attached hydrogen (secondary N) is 1. The lowest BCUT2D eigenvalue weighted by Gasteiger charge is -2.04. The first-order valence-corrected chi connectivity index (χ1v) is 8.57. The highest BCUT2D eigenvalue weighted by molar-refractivity contribution is 6.83. The van der Waals surface area contributed by atoms with Crippen LogP contribution in [0.4, 0.5) is 5.69 Å². The molecule has 0 fully saturated rings. The molecule has 0 aliphatic carbocycles. The van der Waals surface area contributed by atoms with Crippen molar-refractivity contribution in [2.75, 3.05) is 5.73 Å². The minimum Gasteiger partial charge on any atom is -0.398 e. The van der Waals surface area contributed by atoms with Gasteiger partial charge in [0.15, 0.2) is 0 Å². The zero-order valence-electron chi connectivity index (χ0n) is 9.79. The van der Waals surface area contributed by atoms with Crippen LogP contribution >= 0.6 is 0 Å². The number of carbonyl (C=O) groups excluding carboxylic acids is 1. The molecule has 1 rings (SSSR count). The van der Waals surface area contributed by atoms with E-state index >= 15 is 0 Å². The summed E-state index contributed by atoms with van der Waals surface area (Å²) >= 11 is 0. The van der Waals surface area contributed by atoms with Gasteiger partial charge >= 0.3 is 0 Å². The molecule has 0 aliphatic rings. The van der Waals surface area contributed by atoms with Crippen LogP contribution in [0.2, 0.25) is 19.6 Å². The summed E-state index contributed by atoms with van der Waals surface area (Å²) in [6, 6.07) is 9.65. The Morgan fingerprint density at radius 1 is 1.31 bits per heavy atom. The van der Waals surface area contributed by atoms with Gasteiger partial charge in [-0.3, -0.25) is 10.1 Å². The van der Waals surface area contributed by atoms with Crippen LogP contribution in [0.25, 0.3) is 0 Å². The van der Waals surface area contributed by atoms with Crippen molar-refractivity contribution >= 4 is 19.7 Å². The maximum absolute atomic E-state index is 11.7. The molecule has 0 bridgehead atoms. The zero-order valence-corrected chi connectivity index (χ0v) is 10.8. The van der Waals surface area contributed by atoms with Crippen molar-refractivity contribution in [1.29, 1.82) is 0 Å². The third-order valence-electron chi connectivity index (χ3n) is 1.82. The first kappa shape index (κ1) is 12.3. The summed E-state index contributed by atoms with van der Waals surface area (Å²) in [5.74, 6) is -0.246. The summed E-state index contributed by atoms with van der Waals surface area (Å²) in [7, 11) is -1.45. The Labute approximate surface area is 97.1 Å². The predicted molar refractivity (Wildman–Crippen MR) is 69.4 cm³/mol. The van der Waals surface area contributed by atoms with Crippen LogP contribution in [0.15, 0.2) is 24.3 Å². The van der Waals surface area contributed by atoms with Crippen molar-refractivity contribution < 1.29 is 4.79 Å². The van der Waals surface area contributed by atoms with E-state index in [1.807, 2.05) is 0 Å². The predicted octanol–water partition coefficient (Wildman–Crippen LogP) is 1.84. The molecule has 0 aliphatic heterocycles. The number of hydrogen-bond acceptors (Lipinski definition) is 2. The number of nitrogen functional groups attached to an aromatic ring is 1. The zero-order chi connectivity index (χ0) is 12.2. The number of hydrogen-bond donors (Lipinski definition) is 2. The Bertz CT molecular complexity index is 452. The molecule has 0 atom stereocenters. The molecule has 1 aromatic rings. The maximum Gasteiger partial charge on any atom is 0.264 e. The number of benzene rings is 1. The second kappa shape index (κ2) is 4.86. The van der Waals surface area contributed by atoms with Gasteiger partial charge in [0.2, 0.25) is 0 Å².